The first-order chi connectivity index (χ1) is 13.8. The number of methoxy groups -OCH3 is 1. The fourth-order valence-electron chi connectivity index (χ4n) is 3.61. The Morgan fingerprint density at radius 1 is 1.00 bits per heavy atom. The van der Waals surface area contributed by atoms with Gasteiger partial charge in [-0.15, -0.1) is 0 Å². The van der Waals surface area contributed by atoms with Gasteiger partial charge in [0.2, 0.25) is 0 Å². The third-order valence-corrected chi connectivity index (χ3v) is 5.21. The van der Waals surface area contributed by atoms with Gasteiger partial charge in [0.25, 0.3) is 0 Å². The summed E-state index contributed by atoms with van der Waals surface area (Å²) in [5, 5.41) is 9.45. The number of anilines is 1. The zero-order chi connectivity index (χ0) is 19.6. The van der Waals surface area contributed by atoms with Gasteiger partial charge in [-0.2, -0.15) is 0 Å². The molecule has 1 aliphatic heterocycles. The van der Waals surface area contributed by atoms with Crippen LogP contribution in [0.4, 0.5) is 5.69 Å². The first-order valence-electron chi connectivity index (χ1n) is 10.2. The van der Waals surface area contributed by atoms with E-state index in [1.807, 2.05) is 36.4 Å². The molecule has 0 amide bonds. The number of rotatable bonds is 10. The summed E-state index contributed by atoms with van der Waals surface area (Å²) >= 11 is 0. The van der Waals surface area contributed by atoms with E-state index in [-0.39, 0.29) is 6.61 Å². The lowest BCUT2D eigenvalue weighted by atomic mass is 10.1. The molecule has 0 bridgehead atoms. The summed E-state index contributed by atoms with van der Waals surface area (Å²) in [6.45, 7) is 5.54. The van der Waals surface area contributed by atoms with Crippen LogP contribution in [-0.4, -0.2) is 56.5 Å². The Balaban J connectivity index is 1.53. The van der Waals surface area contributed by atoms with Crippen LogP contribution in [0, 0.1) is 0 Å². The molecule has 1 saturated heterocycles. The van der Waals surface area contributed by atoms with E-state index in [1.54, 1.807) is 7.11 Å². The number of benzene rings is 2. The van der Waals surface area contributed by atoms with E-state index in [1.165, 1.54) is 37.9 Å². The van der Waals surface area contributed by atoms with Gasteiger partial charge in [0, 0.05) is 31.4 Å². The predicted octanol–water partition coefficient (Wildman–Crippen LogP) is 3.56. The van der Waals surface area contributed by atoms with Gasteiger partial charge >= 0.3 is 0 Å². The van der Waals surface area contributed by atoms with E-state index < -0.39 is 0 Å². The van der Waals surface area contributed by atoms with Crippen LogP contribution in [0.5, 0.6) is 11.5 Å². The maximum Gasteiger partial charge on any atom is 0.120 e. The lowest BCUT2D eigenvalue weighted by Crippen LogP contribution is -2.33. The van der Waals surface area contributed by atoms with E-state index in [0.29, 0.717) is 6.54 Å². The van der Waals surface area contributed by atoms with Crippen molar-refractivity contribution in [2.75, 3.05) is 51.4 Å². The maximum atomic E-state index is 9.45. The number of hydrogen-bond donors (Lipinski definition) is 1. The van der Waals surface area contributed by atoms with Crippen LogP contribution in [-0.2, 0) is 6.54 Å². The summed E-state index contributed by atoms with van der Waals surface area (Å²) < 4.78 is 11.2. The van der Waals surface area contributed by atoms with Gasteiger partial charge in [-0.3, -0.25) is 4.90 Å². The van der Waals surface area contributed by atoms with Gasteiger partial charge in [-0.05, 0) is 55.8 Å². The van der Waals surface area contributed by atoms with Crippen LogP contribution in [0.15, 0.2) is 48.5 Å². The Hall–Kier alpha value is -2.24. The summed E-state index contributed by atoms with van der Waals surface area (Å²) in [6.07, 6.45) is 3.99. The fourth-order valence-corrected chi connectivity index (χ4v) is 3.61. The fraction of sp³-hybridized carbons (Fsp3) is 0.478. The van der Waals surface area contributed by atoms with Gasteiger partial charge < -0.3 is 19.5 Å². The molecular formula is C23H32N2O3. The molecule has 5 heteroatoms. The first-order valence-corrected chi connectivity index (χ1v) is 10.2. The molecule has 0 radical (unpaired) electrons. The summed E-state index contributed by atoms with van der Waals surface area (Å²) in [5.74, 6) is 1.73. The lowest BCUT2D eigenvalue weighted by Gasteiger charge is -2.26. The number of hydrogen-bond acceptors (Lipinski definition) is 5. The van der Waals surface area contributed by atoms with E-state index in [9.17, 15) is 5.11 Å². The predicted molar refractivity (Wildman–Crippen MR) is 113 cm³/mol. The SMILES string of the molecule is COc1cccc(N(CCO)Cc2ccc(OCCN3CCCCC3)cc2)c1. The van der Waals surface area contributed by atoms with Crippen LogP contribution in [0.1, 0.15) is 24.8 Å². The molecule has 1 fully saturated rings. The van der Waals surface area contributed by atoms with Crippen molar-refractivity contribution in [1.29, 1.82) is 0 Å². The van der Waals surface area contributed by atoms with Gasteiger partial charge in [-0.25, -0.2) is 0 Å². The third kappa shape index (κ3) is 6.14. The average molecular weight is 385 g/mol. The van der Waals surface area contributed by atoms with Crippen molar-refractivity contribution in [2.45, 2.75) is 25.8 Å². The second-order valence-electron chi connectivity index (χ2n) is 7.24. The monoisotopic (exact) mass is 384 g/mol. The van der Waals surface area contributed by atoms with E-state index >= 15 is 0 Å². The number of ether oxygens (including phenoxy) is 2. The smallest absolute Gasteiger partial charge is 0.120 e. The maximum absolute atomic E-state index is 9.45. The highest BCUT2D eigenvalue weighted by atomic mass is 16.5. The molecule has 152 valence electrons. The highest BCUT2D eigenvalue weighted by molar-refractivity contribution is 5.51. The Morgan fingerprint density at radius 2 is 1.79 bits per heavy atom. The van der Waals surface area contributed by atoms with Crippen molar-refractivity contribution in [3.63, 3.8) is 0 Å². The topological polar surface area (TPSA) is 45.2 Å². The highest BCUT2D eigenvalue weighted by Crippen LogP contribution is 2.23. The molecule has 0 atom stereocenters. The van der Waals surface area contributed by atoms with Gasteiger partial charge in [0.05, 0.1) is 13.7 Å². The molecule has 1 N–H and O–H groups in total. The van der Waals surface area contributed by atoms with Crippen LogP contribution in [0.2, 0.25) is 0 Å². The zero-order valence-corrected chi connectivity index (χ0v) is 16.8. The second-order valence-corrected chi connectivity index (χ2v) is 7.24. The summed E-state index contributed by atoms with van der Waals surface area (Å²) in [4.78, 5) is 4.63. The summed E-state index contributed by atoms with van der Waals surface area (Å²) in [7, 11) is 1.67. The first kappa shape index (κ1) is 20.5. The number of aliphatic hydroxyl groups is 1. The van der Waals surface area contributed by atoms with Crippen molar-refractivity contribution in [1.82, 2.24) is 4.90 Å². The quantitative estimate of drug-likeness (QED) is 0.679. The molecule has 0 saturated carbocycles. The minimum Gasteiger partial charge on any atom is -0.497 e. The van der Waals surface area contributed by atoms with Gasteiger partial charge in [0.1, 0.15) is 18.1 Å². The Morgan fingerprint density at radius 3 is 2.50 bits per heavy atom. The second kappa shape index (κ2) is 10.9. The summed E-state index contributed by atoms with van der Waals surface area (Å²) in [5.41, 5.74) is 2.22. The van der Waals surface area contributed by atoms with Crippen molar-refractivity contribution in [3.05, 3.63) is 54.1 Å². The number of piperidine rings is 1. The van der Waals surface area contributed by atoms with Gasteiger partial charge in [-0.1, -0.05) is 24.6 Å². The Kier molecular flexibility index (Phi) is 8.00. The van der Waals surface area contributed by atoms with E-state index in [0.717, 1.165) is 36.9 Å². The standard InChI is InChI=1S/C23H32N2O3/c1-27-23-7-5-6-21(18-23)25(14-16-26)19-20-8-10-22(11-9-20)28-17-15-24-12-3-2-4-13-24/h5-11,18,26H,2-4,12-17,19H2,1H3. The molecule has 0 unspecified atom stereocenters. The van der Waals surface area contributed by atoms with Crippen molar-refractivity contribution in [3.8, 4) is 11.5 Å². The normalized spacial score (nSPS) is 14.6. The van der Waals surface area contributed by atoms with Crippen molar-refractivity contribution >= 4 is 5.69 Å². The molecule has 2 aromatic carbocycles. The molecule has 28 heavy (non-hydrogen) atoms. The van der Waals surface area contributed by atoms with Gasteiger partial charge in [0.15, 0.2) is 0 Å². The number of nitrogens with zero attached hydrogens (tertiary/aromatic N) is 2. The van der Waals surface area contributed by atoms with Crippen LogP contribution in [0.25, 0.3) is 0 Å². The van der Waals surface area contributed by atoms with Crippen LogP contribution >= 0.6 is 0 Å². The molecule has 0 spiro atoms. The minimum atomic E-state index is 0.106. The van der Waals surface area contributed by atoms with Crippen molar-refractivity contribution in [2.24, 2.45) is 0 Å². The zero-order valence-electron chi connectivity index (χ0n) is 16.8. The molecule has 2 aromatic rings. The van der Waals surface area contributed by atoms with Crippen LogP contribution in [0.3, 0.4) is 0 Å². The van der Waals surface area contributed by atoms with E-state index in [2.05, 4.69) is 21.9 Å². The lowest BCUT2D eigenvalue weighted by molar-refractivity contribution is 0.183. The Labute approximate surface area is 168 Å². The number of likely N-dealkylation sites (tertiary alicyclic amines) is 1. The average Bonchev–Trinajstić information content (AvgIpc) is 2.75. The third-order valence-electron chi connectivity index (χ3n) is 5.21. The molecular weight excluding hydrogens is 352 g/mol. The largest absolute Gasteiger partial charge is 0.497 e. The molecule has 5 nitrogen and oxygen atoms in total. The Bertz CT molecular complexity index is 699. The summed E-state index contributed by atoms with van der Waals surface area (Å²) in [6, 6.07) is 16.2. The molecule has 0 aromatic heterocycles. The minimum absolute atomic E-state index is 0.106. The molecule has 0 aliphatic carbocycles. The van der Waals surface area contributed by atoms with Crippen LogP contribution < -0.4 is 14.4 Å². The molecule has 1 aliphatic rings. The molecule has 3 rings (SSSR count). The van der Waals surface area contributed by atoms with Crippen molar-refractivity contribution < 1.29 is 14.6 Å². The highest BCUT2D eigenvalue weighted by Gasteiger charge is 2.10. The number of aliphatic hydroxyl groups excluding tert-OH is 1. The van der Waals surface area contributed by atoms with E-state index in [4.69, 9.17) is 9.47 Å². The molecule has 1 heterocycles.